The Hall–Kier alpha value is -2.09. The number of hydrogen-bond acceptors (Lipinski definition) is 5. The number of carbonyl (C=O) groups excluding carboxylic acids is 1. The number of amides is 2. The smallest absolute Gasteiger partial charge is 0.326 e. The van der Waals surface area contributed by atoms with E-state index in [0.717, 1.165) is 4.90 Å². The standard InChI is InChI=1S/C11H15N3O5/c1-6-2-8(19-13-6)4-12-11(18)14-5-7(15)3-9(14)10(16)17/h2,7,9,15H,3-5H2,1H3,(H,12,18)(H,16,17)/t7?,9-/m0/s1. The number of aliphatic hydroxyl groups is 1. The van der Waals surface area contributed by atoms with Crippen LogP contribution in [0.15, 0.2) is 10.6 Å². The molecule has 0 radical (unpaired) electrons. The number of urea groups is 1. The molecule has 2 rings (SSSR count). The highest BCUT2D eigenvalue weighted by Gasteiger charge is 2.38. The number of nitrogens with one attached hydrogen (secondary N) is 1. The van der Waals surface area contributed by atoms with Gasteiger partial charge in [-0.15, -0.1) is 0 Å². The predicted molar refractivity (Wildman–Crippen MR) is 62.2 cm³/mol. The molecule has 1 aromatic rings. The molecular formula is C11H15N3O5. The molecule has 1 saturated heterocycles. The number of aliphatic hydroxyl groups excluding tert-OH is 1. The fourth-order valence-corrected chi connectivity index (χ4v) is 2.04. The van der Waals surface area contributed by atoms with Crippen LogP contribution in [0.2, 0.25) is 0 Å². The van der Waals surface area contributed by atoms with Crippen LogP contribution in [0.4, 0.5) is 4.79 Å². The quantitative estimate of drug-likeness (QED) is 0.694. The first kappa shape index (κ1) is 13.3. The minimum Gasteiger partial charge on any atom is -0.480 e. The number of hydrogen-bond donors (Lipinski definition) is 3. The zero-order valence-corrected chi connectivity index (χ0v) is 10.4. The molecule has 2 amide bonds. The summed E-state index contributed by atoms with van der Waals surface area (Å²) in [4.78, 5) is 23.9. The third kappa shape index (κ3) is 3.02. The van der Waals surface area contributed by atoms with Crippen LogP contribution in [0.1, 0.15) is 17.9 Å². The summed E-state index contributed by atoms with van der Waals surface area (Å²) in [7, 11) is 0. The number of aliphatic carboxylic acids is 1. The summed E-state index contributed by atoms with van der Waals surface area (Å²) in [6.07, 6.45) is -0.760. The van der Waals surface area contributed by atoms with Crippen LogP contribution >= 0.6 is 0 Å². The molecule has 104 valence electrons. The number of carbonyl (C=O) groups is 2. The molecule has 1 unspecified atom stereocenters. The number of nitrogens with zero attached hydrogens (tertiary/aromatic N) is 2. The Bertz CT molecular complexity index is 486. The SMILES string of the molecule is Cc1cc(CNC(=O)N2CC(O)C[C@H]2C(=O)O)on1. The highest BCUT2D eigenvalue weighted by Crippen LogP contribution is 2.18. The molecule has 8 heteroatoms. The minimum atomic E-state index is -1.12. The highest BCUT2D eigenvalue weighted by molar-refractivity contribution is 5.83. The van der Waals surface area contributed by atoms with Crippen LogP contribution in [-0.4, -0.2) is 51.0 Å². The molecule has 19 heavy (non-hydrogen) atoms. The van der Waals surface area contributed by atoms with Gasteiger partial charge in [-0.25, -0.2) is 9.59 Å². The van der Waals surface area contributed by atoms with E-state index >= 15 is 0 Å². The van der Waals surface area contributed by atoms with Crippen LogP contribution in [0.5, 0.6) is 0 Å². The first-order chi connectivity index (χ1) is 8.97. The zero-order valence-electron chi connectivity index (χ0n) is 10.4. The van der Waals surface area contributed by atoms with E-state index in [1.54, 1.807) is 13.0 Å². The van der Waals surface area contributed by atoms with Crippen LogP contribution in [-0.2, 0) is 11.3 Å². The normalized spacial score (nSPS) is 22.5. The number of β-amino-alcohol motifs (C(OH)–C–C–N with tert-alkyl or cyclic N) is 1. The molecule has 1 fully saturated rings. The van der Waals surface area contributed by atoms with Gasteiger partial charge in [-0.2, -0.15) is 0 Å². The van der Waals surface area contributed by atoms with Gasteiger partial charge in [-0.05, 0) is 6.92 Å². The van der Waals surface area contributed by atoms with E-state index in [4.69, 9.17) is 9.63 Å². The summed E-state index contributed by atoms with van der Waals surface area (Å²) in [5.74, 6) is -0.639. The second-order valence-electron chi connectivity index (χ2n) is 4.49. The summed E-state index contributed by atoms with van der Waals surface area (Å²) in [6, 6.07) is 0.137. The number of aromatic nitrogens is 1. The Morgan fingerprint density at radius 1 is 1.63 bits per heavy atom. The molecule has 8 nitrogen and oxygen atoms in total. The Balaban J connectivity index is 1.93. The fraction of sp³-hybridized carbons (Fsp3) is 0.545. The van der Waals surface area contributed by atoms with Gasteiger partial charge in [0.2, 0.25) is 0 Å². The lowest BCUT2D eigenvalue weighted by Gasteiger charge is -2.21. The van der Waals surface area contributed by atoms with Crippen LogP contribution in [0, 0.1) is 6.92 Å². The maximum Gasteiger partial charge on any atom is 0.326 e. The second kappa shape index (κ2) is 5.27. The Labute approximate surface area is 109 Å². The van der Waals surface area contributed by atoms with Crippen molar-refractivity contribution < 1.29 is 24.3 Å². The molecule has 2 heterocycles. The second-order valence-corrected chi connectivity index (χ2v) is 4.49. The summed E-state index contributed by atoms with van der Waals surface area (Å²) < 4.78 is 4.92. The van der Waals surface area contributed by atoms with E-state index in [2.05, 4.69) is 10.5 Å². The molecule has 1 aliphatic rings. The lowest BCUT2D eigenvalue weighted by Crippen LogP contribution is -2.45. The van der Waals surface area contributed by atoms with E-state index in [1.165, 1.54) is 0 Å². The Morgan fingerprint density at radius 3 is 2.95 bits per heavy atom. The minimum absolute atomic E-state index is 0.0121. The van der Waals surface area contributed by atoms with Gasteiger partial charge >= 0.3 is 12.0 Å². The molecule has 2 atom stereocenters. The van der Waals surface area contributed by atoms with Crippen molar-refractivity contribution in [2.75, 3.05) is 6.54 Å². The van der Waals surface area contributed by atoms with Crippen molar-refractivity contribution in [1.29, 1.82) is 0 Å². The predicted octanol–water partition coefficient (Wildman–Crippen LogP) is -0.288. The fourth-order valence-electron chi connectivity index (χ4n) is 2.04. The molecule has 0 spiro atoms. The molecule has 3 N–H and O–H groups in total. The van der Waals surface area contributed by atoms with Gasteiger partial charge < -0.3 is 25.0 Å². The van der Waals surface area contributed by atoms with Crippen molar-refractivity contribution in [1.82, 2.24) is 15.4 Å². The Kier molecular flexibility index (Phi) is 3.70. The number of aryl methyl sites for hydroxylation is 1. The maximum absolute atomic E-state index is 11.9. The van der Waals surface area contributed by atoms with Crippen molar-refractivity contribution >= 4 is 12.0 Å². The van der Waals surface area contributed by atoms with E-state index in [1.807, 2.05) is 0 Å². The summed E-state index contributed by atoms with van der Waals surface area (Å²) in [5, 5.41) is 24.6. The average Bonchev–Trinajstić information content (AvgIpc) is 2.92. The van der Waals surface area contributed by atoms with Crippen molar-refractivity contribution in [2.45, 2.75) is 32.0 Å². The number of carboxylic acids is 1. The Morgan fingerprint density at radius 2 is 2.37 bits per heavy atom. The topological polar surface area (TPSA) is 116 Å². The van der Waals surface area contributed by atoms with Gasteiger partial charge in [-0.1, -0.05) is 5.16 Å². The van der Waals surface area contributed by atoms with E-state index in [0.29, 0.717) is 11.5 Å². The molecule has 0 aliphatic carbocycles. The lowest BCUT2D eigenvalue weighted by atomic mass is 10.2. The number of rotatable bonds is 3. The van der Waals surface area contributed by atoms with Crippen LogP contribution < -0.4 is 5.32 Å². The number of carboxylic acid groups (broad SMARTS) is 1. The monoisotopic (exact) mass is 269 g/mol. The first-order valence-electron chi connectivity index (χ1n) is 5.85. The first-order valence-corrected chi connectivity index (χ1v) is 5.85. The van der Waals surface area contributed by atoms with Gasteiger partial charge in [0.05, 0.1) is 18.3 Å². The van der Waals surface area contributed by atoms with E-state index < -0.39 is 24.1 Å². The van der Waals surface area contributed by atoms with Crippen LogP contribution in [0.25, 0.3) is 0 Å². The van der Waals surface area contributed by atoms with Crippen molar-refractivity contribution in [3.05, 3.63) is 17.5 Å². The molecule has 0 saturated carbocycles. The largest absolute Gasteiger partial charge is 0.480 e. The van der Waals surface area contributed by atoms with E-state index in [-0.39, 0.29) is 19.5 Å². The van der Waals surface area contributed by atoms with Gasteiger partial charge in [-0.3, -0.25) is 0 Å². The molecule has 1 aromatic heterocycles. The average molecular weight is 269 g/mol. The van der Waals surface area contributed by atoms with Gasteiger partial charge in [0.1, 0.15) is 6.04 Å². The summed E-state index contributed by atoms with van der Waals surface area (Å²) >= 11 is 0. The van der Waals surface area contributed by atoms with Gasteiger partial charge in [0.25, 0.3) is 0 Å². The highest BCUT2D eigenvalue weighted by atomic mass is 16.5. The molecule has 0 aromatic carbocycles. The molecule has 0 bridgehead atoms. The molecular weight excluding hydrogens is 254 g/mol. The van der Waals surface area contributed by atoms with E-state index in [9.17, 15) is 14.7 Å². The van der Waals surface area contributed by atoms with Crippen molar-refractivity contribution in [3.63, 3.8) is 0 Å². The third-order valence-corrected chi connectivity index (χ3v) is 2.92. The third-order valence-electron chi connectivity index (χ3n) is 2.92. The van der Waals surface area contributed by atoms with Crippen molar-refractivity contribution in [3.8, 4) is 0 Å². The summed E-state index contributed by atoms with van der Waals surface area (Å²) in [5.41, 5.74) is 0.698. The summed E-state index contributed by atoms with van der Waals surface area (Å²) in [6.45, 7) is 1.89. The van der Waals surface area contributed by atoms with Gasteiger partial charge in [0, 0.05) is 19.0 Å². The van der Waals surface area contributed by atoms with Gasteiger partial charge in [0.15, 0.2) is 5.76 Å². The lowest BCUT2D eigenvalue weighted by molar-refractivity contribution is -0.141. The maximum atomic E-state index is 11.9. The zero-order chi connectivity index (χ0) is 14.0. The van der Waals surface area contributed by atoms with Crippen molar-refractivity contribution in [2.24, 2.45) is 0 Å². The van der Waals surface area contributed by atoms with Crippen LogP contribution in [0.3, 0.4) is 0 Å². The molecule has 1 aliphatic heterocycles. The number of likely N-dealkylation sites (tertiary alicyclic amines) is 1.